The van der Waals surface area contributed by atoms with Gasteiger partial charge in [-0.05, 0) is 42.1 Å². The SMILES string of the molecule is CCCN(Cc1nnc(-c2cccs2)o1)C(=O)CSc1nc2ccccc2n1-c1ccccc1. The van der Waals surface area contributed by atoms with Gasteiger partial charge in [-0.1, -0.05) is 55.1 Å². The number of thiophene rings is 1. The van der Waals surface area contributed by atoms with Crippen molar-refractivity contribution < 1.29 is 9.21 Å². The second-order valence-corrected chi connectivity index (χ2v) is 9.53. The van der Waals surface area contributed by atoms with Gasteiger partial charge in [0.1, 0.15) is 0 Å². The smallest absolute Gasteiger partial charge is 0.257 e. The summed E-state index contributed by atoms with van der Waals surface area (Å²) in [5, 5.41) is 11.0. The maximum absolute atomic E-state index is 13.2. The summed E-state index contributed by atoms with van der Waals surface area (Å²) in [7, 11) is 0. The molecule has 0 radical (unpaired) electrons. The molecule has 0 spiro atoms. The van der Waals surface area contributed by atoms with Crippen LogP contribution in [0.15, 0.2) is 81.7 Å². The number of amides is 1. The first-order valence-corrected chi connectivity index (χ1v) is 12.9. The van der Waals surface area contributed by atoms with Gasteiger partial charge in [-0.15, -0.1) is 21.5 Å². The molecule has 0 unspecified atom stereocenters. The van der Waals surface area contributed by atoms with E-state index in [1.54, 1.807) is 16.2 Å². The fourth-order valence-corrected chi connectivity index (χ4v) is 5.26. The van der Waals surface area contributed by atoms with Gasteiger partial charge in [0.2, 0.25) is 11.8 Å². The minimum absolute atomic E-state index is 0.00870. The van der Waals surface area contributed by atoms with Crippen LogP contribution in [0.5, 0.6) is 0 Å². The van der Waals surface area contributed by atoms with Crippen molar-refractivity contribution in [2.45, 2.75) is 25.0 Å². The predicted octanol–water partition coefficient (Wildman–Crippen LogP) is 5.67. The summed E-state index contributed by atoms with van der Waals surface area (Å²) in [6.45, 7) is 2.96. The van der Waals surface area contributed by atoms with Crippen LogP contribution in [-0.2, 0) is 11.3 Å². The lowest BCUT2D eigenvalue weighted by molar-refractivity contribution is -0.129. The van der Waals surface area contributed by atoms with Crippen LogP contribution in [0, 0.1) is 0 Å². The highest BCUT2D eigenvalue weighted by molar-refractivity contribution is 7.99. The van der Waals surface area contributed by atoms with E-state index in [1.807, 2.05) is 79.0 Å². The van der Waals surface area contributed by atoms with Gasteiger partial charge in [0, 0.05) is 12.2 Å². The van der Waals surface area contributed by atoms with Crippen LogP contribution in [0.1, 0.15) is 19.2 Å². The molecule has 0 N–H and O–H groups in total. The van der Waals surface area contributed by atoms with Crippen LogP contribution in [0.3, 0.4) is 0 Å². The number of carbonyl (C=O) groups excluding carboxylic acids is 1. The monoisotopic (exact) mass is 489 g/mol. The molecule has 0 atom stereocenters. The molecular formula is C25H23N5O2S2. The molecule has 2 aromatic carbocycles. The number of para-hydroxylation sites is 3. The van der Waals surface area contributed by atoms with Crippen molar-refractivity contribution in [2.75, 3.05) is 12.3 Å². The Hall–Kier alpha value is -3.43. The second kappa shape index (κ2) is 10.2. The molecule has 7 nitrogen and oxygen atoms in total. The Balaban J connectivity index is 1.33. The number of rotatable bonds is 9. The lowest BCUT2D eigenvalue weighted by atomic mass is 10.3. The normalized spacial score (nSPS) is 11.2. The molecule has 0 saturated heterocycles. The highest BCUT2D eigenvalue weighted by atomic mass is 32.2. The average molecular weight is 490 g/mol. The molecule has 9 heteroatoms. The van der Waals surface area contributed by atoms with E-state index in [2.05, 4.69) is 14.8 Å². The van der Waals surface area contributed by atoms with Gasteiger partial charge >= 0.3 is 0 Å². The van der Waals surface area contributed by atoms with Gasteiger partial charge in [-0.25, -0.2) is 4.98 Å². The topological polar surface area (TPSA) is 77.1 Å². The van der Waals surface area contributed by atoms with Crippen LogP contribution >= 0.6 is 23.1 Å². The zero-order valence-corrected chi connectivity index (χ0v) is 20.3. The minimum atomic E-state index is 0.00870. The second-order valence-electron chi connectivity index (χ2n) is 7.64. The third-order valence-electron chi connectivity index (χ3n) is 5.24. The number of imidazole rings is 1. The summed E-state index contributed by atoms with van der Waals surface area (Å²) in [6, 6.07) is 22.0. The van der Waals surface area contributed by atoms with Crippen LogP contribution in [0.25, 0.3) is 27.5 Å². The van der Waals surface area contributed by atoms with Crippen LogP contribution in [-0.4, -0.2) is 42.9 Å². The highest BCUT2D eigenvalue weighted by Crippen LogP contribution is 2.28. The van der Waals surface area contributed by atoms with Crippen LogP contribution in [0.4, 0.5) is 0 Å². The Labute approximate surface area is 205 Å². The summed E-state index contributed by atoms with van der Waals surface area (Å²) in [4.78, 5) is 20.7. The molecule has 3 heterocycles. The molecule has 34 heavy (non-hydrogen) atoms. The fourth-order valence-electron chi connectivity index (χ4n) is 3.69. The highest BCUT2D eigenvalue weighted by Gasteiger charge is 2.20. The molecule has 0 fully saturated rings. The molecule has 0 aliphatic carbocycles. The standard InChI is InChI=1S/C25H23N5O2S2/c1-2-14-29(16-22-27-28-24(32-22)21-13-8-15-33-21)23(31)17-34-25-26-19-11-6-7-12-20(19)30(25)18-9-4-3-5-10-18/h3-13,15H,2,14,16-17H2,1H3. The number of carbonyl (C=O) groups is 1. The van der Waals surface area contributed by atoms with Gasteiger partial charge in [-0.2, -0.15) is 0 Å². The Morgan fingerprint density at radius 2 is 1.88 bits per heavy atom. The van der Waals surface area contributed by atoms with Crippen molar-refractivity contribution in [2.24, 2.45) is 0 Å². The predicted molar refractivity (Wildman–Crippen MR) is 135 cm³/mol. The Morgan fingerprint density at radius 1 is 1.06 bits per heavy atom. The van der Waals surface area contributed by atoms with Crippen molar-refractivity contribution in [3.05, 3.63) is 78.0 Å². The number of aromatic nitrogens is 4. The minimum Gasteiger partial charge on any atom is -0.418 e. The van der Waals surface area contributed by atoms with E-state index >= 15 is 0 Å². The number of benzene rings is 2. The van der Waals surface area contributed by atoms with Crippen LogP contribution < -0.4 is 0 Å². The van der Waals surface area contributed by atoms with E-state index in [-0.39, 0.29) is 11.7 Å². The van der Waals surface area contributed by atoms with Gasteiger partial charge in [0.15, 0.2) is 5.16 Å². The number of hydrogen-bond acceptors (Lipinski definition) is 7. The zero-order valence-electron chi connectivity index (χ0n) is 18.6. The molecule has 0 aliphatic heterocycles. The first-order valence-electron chi connectivity index (χ1n) is 11.0. The lowest BCUT2D eigenvalue weighted by Gasteiger charge is -2.20. The first kappa shape index (κ1) is 22.4. The average Bonchev–Trinajstić information content (AvgIpc) is 3.62. The maximum Gasteiger partial charge on any atom is 0.257 e. The number of thioether (sulfide) groups is 1. The third-order valence-corrected chi connectivity index (χ3v) is 7.02. The zero-order chi connectivity index (χ0) is 23.3. The van der Waals surface area contributed by atoms with E-state index < -0.39 is 0 Å². The fraction of sp³-hybridized carbons (Fsp3) is 0.200. The summed E-state index contributed by atoms with van der Waals surface area (Å²) >= 11 is 2.98. The van der Waals surface area contributed by atoms with Gasteiger partial charge in [-0.3, -0.25) is 9.36 Å². The molecule has 0 saturated carbocycles. The first-order chi connectivity index (χ1) is 16.7. The van der Waals surface area contributed by atoms with Gasteiger partial charge < -0.3 is 9.32 Å². The van der Waals surface area contributed by atoms with Crippen LogP contribution in [0.2, 0.25) is 0 Å². The molecule has 5 rings (SSSR count). The van der Waals surface area contributed by atoms with Crippen molar-refractivity contribution >= 4 is 40.0 Å². The molecule has 0 bridgehead atoms. The summed E-state index contributed by atoms with van der Waals surface area (Å²) in [5.74, 6) is 1.20. The van der Waals surface area contributed by atoms with Crippen molar-refractivity contribution in [1.82, 2.24) is 24.6 Å². The Bertz CT molecular complexity index is 1380. The van der Waals surface area contributed by atoms with Crippen molar-refractivity contribution in [3.8, 4) is 16.5 Å². The number of hydrogen-bond donors (Lipinski definition) is 0. The molecule has 1 amide bonds. The Morgan fingerprint density at radius 3 is 2.68 bits per heavy atom. The number of fused-ring (bicyclic) bond motifs is 1. The maximum atomic E-state index is 13.2. The molecule has 172 valence electrons. The third kappa shape index (κ3) is 4.76. The molecule has 0 aliphatic rings. The summed E-state index contributed by atoms with van der Waals surface area (Å²) < 4.78 is 7.91. The van der Waals surface area contributed by atoms with E-state index in [1.165, 1.54) is 11.8 Å². The molecule has 5 aromatic rings. The largest absolute Gasteiger partial charge is 0.418 e. The molecular weight excluding hydrogens is 466 g/mol. The van der Waals surface area contributed by atoms with Crippen molar-refractivity contribution in [1.29, 1.82) is 0 Å². The summed E-state index contributed by atoms with van der Waals surface area (Å²) in [6.07, 6.45) is 0.838. The van der Waals surface area contributed by atoms with E-state index in [9.17, 15) is 4.79 Å². The summed E-state index contributed by atoms with van der Waals surface area (Å²) in [5.41, 5.74) is 2.93. The van der Waals surface area contributed by atoms with Gasteiger partial charge in [0.25, 0.3) is 5.89 Å². The van der Waals surface area contributed by atoms with Gasteiger partial charge in [0.05, 0.1) is 28.2 Å². The lowest BCUT2D eigenvalue weighted by Crippen LogP contribution is -2.32. The molecule has 3 aromatic heterocycles. The van der Waals surface area contributed by atoms with E-state index in [0.29, 0.717) is 24.9 Å². The number of nitrogens with zero attached hydrogens (tertiary/aromatic N) is 5. The Kier molecular flexibility index (Phi) is 6.73. The van der Waals surface area contributed by atoms with E-state index in [0.717, 1.165) is 33.2 Å². The van der Waals surface area contributed by atoms with E-state index in [4.69, 9.17) is 9.40 Å². The van der Waals surface area contributed by atoms with Crippen molar-refractivity contribution in [3.63, 3.8) is 0 Å². The quantitative estimate of drug-likeness (QED) is 0.248.